The molecular formula is C14H13FINO. The van der Waals surface area contributed by atoms with Gasteiger partial charge in [0, 0.05) is 15.2 Å². The molecule has 0 aliphatic heterocycles. The van der Waals surface area contributed by atoms with Crippen LogP contribution in [0.4, 0.5) is 4.39 Å². The Hall–Kier alpha value is -1.14. The number of halogens is 2. The molecule has 2 aromatic rings. The molecule has 0 fully saturated rings. The number of benzene rings is 2. The standard InChI is InChI=1S/C14H13FINO/c1-18-9-6-7-10(12(15)8-9)14(17)11-4-2-3-5-13(11)16/h2-8,14H,17H2,1H3. The first-order valence-electron chi connectivity index (χ1n) is 5.47. The summed E-state index contributed by atoms with van der Waals surface area (Å²) in [5, 5.41) is 0. The zero-order valence-corrected chi connectivity index (χ0v) is 12.0. The van der Waals surface area contributed by atoms with Crippen molar-refractivity contribution in [3.05, 3.63) is 63.0 Å². The molecular weight excluding hydrogens is 344 g/mol. The van der Waals surface area contributed by atoms with Gasteiger partial charge in [0.15, 0.2) is 0 Å². The van der Waals surface area contributed by atoms with Crippen LogP contribution in [0, 0.1) is 9.39 Å². The van der Waals surface area contributed by atoms with Gasteiger partial charge in [-0.1, -0.05) is 24.3 Å². The molecule has 0 bridgehead atoms. The van der Waals surface area contributed by atoms with Gasteiger partial charge in [-0.2, -0.15) is 0 Å². The minimum Gasteiger partial charge on any atom is -0.497 e. The smallest absolute Gasteiger partial charge is 0.132 e. The fourth-order valence-corrected chi connectivity index (χ4v) is 2.50. The maximum atomic E-state index is 13.9. The molecule has 1 unspecified atom stereocenters. The summed E-state index contributed by atoms with van der Waals surface area (Å²) in [4.78, 5) is 0. The molecule has 1 atom stereocenters. The van der Waals surface area contributed by atoms with Crippen LogP contribution in [0.1, 0.15) is 17.2 Å². The van der Waals surface area contributed by atoms with E-state index in [-0.39, 0.29) is 5.82 Å². The van der Waals surface area contributed by atoms with E-state index < -0.39 is 6.04 Å². The second kappa shape index (κ2) is 5.67. The predicted octanol–water partition coefficient (Wildman–Crippen LogP) is 3.49. The Morgan fingerprint density at radius 3 is 2.50 bits per heavy atom. The molecule has 2 N–H and O–H groups in total. The van der Waals surface area contributed by atoms with E-state index in [0.717, 1.165) is 9.13 Å². The Morgan fingerprint density at radius 2 is 1.89 bits per heavy atom. The number of rotatable bonds is 3. The van der Waals surface area contributed by atoms with Crippen molar-refractivity contribution < 1.29 is 9.13 Å². The van der Waals surface area contributed by atoms with Crippen molar-refractivity contribution in [1.82, 2.24) is 0 Å². The minimum atomic E-state index is -0.469. The molecule has 0 saturated carbocycles. The quantitative estimate of drug-likeness (QED) is 0.854. The van der Waals surface area contributed by atoms with Gasteiger partial charge in [0.2, 0.25) is 0 Å². The van der Waals surface area contributed by atoms with Gasteiger partial charge < -0.3 is 10.5 Å². The lowest BCUT2D eigenvalue weighted by Gasteiger charge is -2.15. The number of hydrogen-bond donors (Lipinski definition) is 1. The van der Waals surface area contributed by atoms with Crippen LogP contribution >= 0.6 is 22.6 Å². The molecule has 0 aliphatic carbocycles. The lowest BCUT2D eigenvalue weighted by atomic mass is 9.99. The molecule has 2 nitrogen and oxygen atoms in total. The summed E-state index contributed by atoms with van der Waals surface area (Å²) in [6.07, 6.45) is 0. The number of nitrogens with two attached hydrogens (primary N) is 1. The fraction of sp³-hybridized carbons (Fsp3) is 0.143. The number of ether oxygens (including phenoxy) is 1. The Bertz CT molecular complexity index is 559. The summed E-state index contributed by atoms with van der Waals surface area (Å²) in [5.74, 6) is 0.146. The van der Waals surface area contributed by atoms with Gasteiger partial charge in [-0.15, -0.1) is 0 Å². The van der Waals surface area contributed by atoms with E-state index >= 15 is 0 Å². The van der Waals surface area contributed by atoms with Crippen LogP contribution in [0.25, 0.3) is 0 Å². The molecule has 0 aromatic heterocycles. The Labute approximate surface area is 119 Å². The third-order valence-corrected chi connectivity index (χ3v) is 3.77. The van der Waals surface area contributed by atoms with Crippen molar-refractivity contribution in [2.75, 3.05) is 7.11 Å². The first-order chi connectivity index (χ1) is 8.63. The molecule has 0 saturated heterocycles. The molecule has 0 radical (unpaired) electrons. The van der Waals surface area contributed by atoms with Crippen LogP contribution in [0.5, 0.6) is 5.75 Å². The summed E-state index contributed by atoms with van der Waals surface area (Å²) >= 11 is 2.20. The average molecular weight is 357 g/mol. The highest BCUT2D eigenvalue weighted by Crippen LogP contribution is 2.27. The highest BCUT2D eigenvalue weighted by atomic mass is 127. The van der Waals surface area contributed by atoms with Crippen molar-refractivity contribution in [3.8, 4) is 5.75 Å². The van der Waals surface area contributed by atoms with Gasteiger partial charge in [-0.25, -0.2) is 4.39 Å². The average Bonchev–Trinajstić information content (AvgIpc) is 2.38. The van der Waals surface area contributed by atoms with Crippen molar-refractivity contribution in [1.29, 1.82) is 0 Å². The maximum absolute atomic E-state index is 13.9. The lowest BCUT2D eigenvalue weighted by Crippen LogP contribution is -2.15. The molecule has 2 rings (SSSR count). The second-order valence-corrected chi connectivity index (χ2v) is 5.05. The first-order valence-corrected chi connectivity index (χ1v) is 6.55. The van der Waals surface area contributed by atoms with Gasteiger partial charge >= 0.3 is 0 Å². The highest BCUT2D eigenvalue weighted by Gasteiger charge is 2.16. The summed E-state index contributed by atoms with van der Waals surface area (Å²) in [6, 6.07) is 12.0. The van der Waals surface area contributed by atoms with Gasteiger partial charge in [0.05, 0.1) is 13.2 Å². The Balaban J connectivity index is 2.40. The summed E-state index contributed by atoms with van der Waals surface area (Å²) in [6.45, 7) is 0. The molecule has 0 amide bonds. The van der Waals surface area contributed by atoms with E-state index in [4.69, 9.17) is 10.5 Å². The summed E-state index contributed by atoms with van der Waals surface area (Å²) in [5.41, 5.74) is 7.51. The van der Waals surface area contributed by atoms with Crippen LogP contribution in [-0.2, 0) is 0 Å². The van der Waals surface area contributed by atoms with Crippen LogP contribution in [-0.4, -0.2) is 7.11 Å². The molecule has 0 aliphatic rings. The van der Waals surface area contributed by atoms with Gasteiger partial charge in [-0.3, -0.25) is 0 Å². The van der Waals surface area contributed by atoms with E-state index in [1.165, 1.54) is 13.2 Å². The van der Waals surface area contributed by atoms with E-state index in [2.05, 4.69) is 22.6 Å². The van der Waals surface area contributed by atoms with Gasteiger partial charge in [-0.05, 0) is 40.3 Å². The highest BCUT2D eigenvalue weighted by molar-refractivity contribution is 14.1. The number of methoxy groups -OCH3 is 1. The monoisotopic (exact) mass is 357 g/mol. The van der Waals surface area contributed by atoms with E-state index in [1.807, 2.05) is 24.3 Å². The molecule has 0 heterocycles. The van der Waals surface area contributed by atoms with Crippen LogP contribution in [0.3, 0.4) is 0 Å². The zero-order valence-electron chi connectivity index (χ0n) is 9.86. The van der Waals surface area contributed by atoms with Crippen molar-refractivity contribution in [3.63, 3.8) is 0 Å². The molecule has 18 heavy (non-hydrogen) atoms. The van der Waals surface area contributed by atoms with Gasteiger partial charge in [0.1, 0.15) is 11.6 Å². The summed E-state index contributed by atoms with van der Waals surface area (Å²) < 4.78 is 19.9. The third kappa shape index (κ3) is 2.64. The van der Waals surface area contributed by atoms with Gasteiger partial charge in [0.25, 0.3) is 0 Å². The minimum absolute atomic E-state index is 0.346. The zero-order chi connectivity index (χ0) is 13.1. The van der Waals surface area contributed by atoms with Crippen LogP contribution < -0.4 is 10.5 Å². The summed E-state index contributed by atoms with van der Waals surface area (Å²) in [7, 11) is 1.51. The van der Waals surface area contributed by atoms with E-state index in [1.54, 1.807) is 12.1 Å². The SMILES string of the molecule is COc1ccc(C(N)c2ccccc2I)c(F)c1. The molecule has 2 aromatic carbocycles. The van der Waals surface area contributed by atoms with Crippen molar-refractivity contribution in [2.45, 2.75) is 6.04 Å². The largest absolute Gasteiger partial charge is 0.497 e. The third-order valence-electron chi connectivity index (χ3n) is 2.78. The van der Waals surface area contributed by atoms with E-state index in [0.29, 0.717) is 11.3 Å². The molecule has 4 heteroatoms. The molecule has 94 valence electrons. The predicted molar refractivity (Wildman–Crippen MR) is 78.1 cm³/mol. The van der Waals surface area contributed by atoms with Crippen molar-refractivity contribution >= 4 is 22.6 Å². The van der Waals surface area contributed by atoms with Crippen molar-refractivity contribution in [2.24, 2.45) is 5.73 Å². The van der Waals surface area contributed by atoms with E-state index in [9.17, 15) is 4.39 Å². The second-order valence-electron chi connectivity index (χ2n) is 3.89. The van der Waals surface area contributed by atoms with Crippen LogP contribution in [0.2, 0.25) is 0 Å². The first kappa shape index (κ1) is 13.3. The fourth-order valence-electron chi connectivity index (χ4n) is 1.78. The Morgan fingerprint density at radius 1 is 1.17 bits per heavy atom. The number of hydrogen-bond acceptors (Lipinski definition) is 2. The maximum Gasteiger partial charge on any atom is 0.132 e. The van der Waals surface area contributed by atoms with Crippen LogP contribution in [0.15, 0.2) is 42.5 Å². The lowest BCUT2D eigenvalue weighted by molar-refractivity contribution is 0.410. The molecule has 0 spiro atoms. The normalized spacial score (nSPS) is 12.2. The topological polar surface area (TPSA) is 35.2 Å². The Kier molecular flexibility index (Phi) is 4.19.